The summed E-state index contributed by atoms with van der Waals surface area (Å²) in [5, 5.41) is 3.09. The number of para-hydroxylation sites is 2. The fourth-order valence-corrected chi connectivity index (χ4v) is 4.60. The van der Waals surface area contributed by atoms with Gasteiger partial charge in [0.15, 0.2) is 5.75 Å². The van der Waals surface area contributed by atoms with Crippen molar-refractivity contribution in [2.45, 2.75) is 25.3 Å². The molecule has 3 aromatic carbocycles. The van der Waals surface area contributed by atoms with Crippen molar-refractivity contribution >= 4 is 23.1 Å². The maximum Gasteiger partial charge on any atom is 0.322 e. The molecule has 2 aliphatic rings. The van der Waals surface area contributed by atoms with Crippen LogP contribution in [-0.4, -0.2) is 36.6 Å². The van der Waals surface area contributed by atoms with Gasteiger partial charge in [0, 0.05) is 43.1 Å². The summed E-state index contributed by atoms with van der Waals surface area (Å²) < 4.78 is 6.00. The predicted octanol–water partition coefficient (Wildman–Crippen LogP) is 5.12. The molecule has 32 heavy (non-hydrogen) atoms. The Kier molecular flexibility index (Phi) is 5.58. The zero-order valence-corrected chi connectivity index (χ0v) is 18.0. The summed E-state index contributed by atoms with van der Waals surface area (Å²) in [5.74, 6) is 1.43. The number of benzene rings is 3. The van der Waals surface area contributed by atoms with Crippen LogP contribution >= 0.6 is 0 Å². The molecule has 0 atom stereocenters. The van der Waals surface area contributed by atoms with E-state index in [1.165, 1.54) is 5.56 Å². The third kappa shape index (κ3) is 4.21. The van der Waals surface area contributed by atoms with Crippen LogP contribution in [0, 0.1) is 0 Å². The van der Waals surface area contributed by atoms with Gasteiger partial charge in [-0.1, -0.05) is 36.4 Å². The SMILES string of the molecule is Nc1ccc(N2CCC(N3CCc4ccccc4NC3=O)CC2)cc1Oc1ccccc1. The standard InChI is InChI=1S/C26H28N4O2/c27-23-11-10-21(18-25(23)32-22-7-2-1-3-8-22)29-15-13-20(14-16-29)30-17-12-19-6-4-5-9-24(19)28-26(30)31/h1-11,18,20H,12-17,27H2,(H,28,31). The number of amides is 2. The van der Waals surface area contributed by atoms with Crippen molar-refractivity contribution in [3.05, 3.63) is 78.4 Å². The Balaban J connectivity index is 1.24. The topological polar surface area (TPSA) is 70.8 Å². The summed E-state index contributed by atoms with van der Waals surface area (Å²) in [6, 6.07) is 24.0. The monoisotopic (exact) mass is 428 g/mol. The molecule has 5 rings (SSSR count). The number of urea groups is 1. The second-order valence-electron chi connectivity index (χ2n) is 8.39. The Morgan fingerprint density at radius 1 is 0.906 bits per heavy atom. The molecule has 1 fully saturated rings. The molecule has 1 saturated heterocycles. The molecule has 164 valence electrons. The first-order valence-electron chi connectivity index (χ1n) is 11.2. The highest BCUT2D eigenvalue weighted by molar-refractivity contribution is 5.91. The van der Waals surface area contributed by atoms with E-state index in [1.54, 1.807) is 0 Å². The lowest BCUT2D eigenvalue weighted by Crippen LogP contribution is -2.48. The van der Waals surface area contributed by atoms with Crippen molar-refractivity contribution in [2.24, 2.45) is 0 Å². The molecule has 0 unspecified atom stereocenters. The summed E-state index contributed by atoms with van der Waals surface area (Å²) in [6.45, 7) is 2.52. The van der Waals surface area contributed by atoms with Crippen molar-refractivity contribution in [1.82, 2.24) is 4.90 Å². The van der Waals surface area contributed by atoms with Crippen LogP contribution in [0.5, 0.6) is 11.5 Å². The maximum atomic E-state index is 12.9. The van der Waals surface area contributed by atoms with Crippen molar-refractivity contribution in [2.75, 3.05) is 35.6 Å². The molecule has 0 aromatic heterocycles. The first-order chi connectivity index (χ1) is 15.7. The summed E-state index contributed by atoms with van der Waals surface area (Å²) >= 11 is 0. The Hall–Kier alpha value is -3.67. The molecule has 6 nitrogen and oxygen atoms in total. The summed E-state index contributed by atoms with van der Waals surface area (Å²) in [5.41, 5.74) is 10.0. The normalized spacial score (nSPS) is 16.8. The quantitative estimate of drug-likeness (QED) is 0.566. The first kappa shape index (κ1) is 20.2. The predicted molar refractivity (Wildman–Crippen MR) is 128 cm³/mol. The highest BCUT2D eigenvalue weighted by Gasteiger charge is 2.30. The van der Waals surface area contributed by atoms with E-state index < -0.39 is 0 Å². The van der Waals surface area contributed by atoms with Crippen LogP contribution < -0.4 is 20.7 Å². The fraction of sp³-hybridized carbons (Fsp3) is 0.269. The number of anilines is 3. The van der Waals surface area contributed by atoms with Gasteiger partial charge in [0.1, 0.15) is 5.75 Å². The van der Waals surface area contributed by atoms with Crippen molar-refractivity contribution in [3.63, 3.8) is 0 Å². The number of hydrogen-bond acceptors (Lipinski definition) is 4. The van der Waals surface area contributed by atoms with Crippen molar-refractivity contribution in [1.29, 1.82) is 0 Å². The second kappa shape index (κ2) is 8.83. The summed E-state index contributed by atoms with van der Waals surface area (Å²) in [6.07, 6.45) is 2.75. The van der Waals surface area contributed by atoms with Crippen LogP contribution in [0.15, 0.2) is 72.8 Å². The van der Waals surface area contributed by atoms with E-state index >= 15 is 0 Å². The number of ether oxygens (including phenoxy) is 1. The van der Waals surface area contributed by atoms with E-state index in [0.717, 1.165) is 56.0 Å². The highest BCUT2D eigenvalue weighted by atomic mass is 16.5. The van der Waals surface area contributed by atoms with E-state index in [-0.39, 0.29) is 12.1 Å². The molecule has 2 aliphatic heterocycles. The number of carbonyl (C=O) groups is 1. The van der Waals surface area contributed by atoms with Crippen LogP contribution in [-0.2, 0) is 6.42 Å². The number of piperidine rings is 1. The molecule has 0 saturated carbocycles. The maximum absolute atomic E-state index is 12.9. The van der Waals surface area contributed by atoms with Crippen LogP contribution in [0.4, 0.5) is 21.9 Å². The number of nitrogen functional groups attached to an aromatic ring is 1. The van der Waals surface area contributed by atoms with E-state index in [0.29, 0.717) is 11.4 Å². The number of nitrogens with two attached hydrogens (primary N) is 1. The minimum atomic E-state index is 0.0134. The summed E-state index contributed by atoms with van der Waals surface area (Å²) in [4.78, 5) is 17.2. The molecule has 6 heteroatoms. The zero-order chi connectivity index (χ0) is 21.9. The lowest BCUT2D eigenvalue weighted by molar-refractivity contribution is 0.177. The lowest BCUT2D eigenvalue weighted by atomic mass is 10.0. The van der Waals surface area contributed by atoms with Gasteiger partial charge in [0.05, 0.1) is 5.69 Å². The number of rotatable bonds is 4. The Bertz CT molecular complexity index is 1090. The van der Waals surface area contributed by atoms with E-state index in [1.807, 2.05) is 71.6 Å². The van der Waals surface area contributed by atoms with Gasteiger partial charge in [0.25, 0.3) is 0 Å². The zero-order valence-electron chi connectivity index (χ0n) is 18.0. The number of fused-ring (bicyclic) bond motifs is 1. The molecular formula is C26H28N4O2. The van der Waals surface area contributed by atoms with Gasteiger partial charge >= 0.3 is 6.03 Å². The fourth-order valence-electron chi connectivity index (χ4n) is 4.60. The molecule has 2 amide bonds. The second-order valence-corrected chi connectivity index (χ2v) is 8.39. The number of carbonyl (C=O) groups excluding carboxylic acids is 1. The molecule has 3 N–H and O–H groups in total. The van der Waals surface area contributed by atoms with Crippen LogP contribution in [0.1, 0.15) is 18.4 Å². The first-order valence-corrected chi connectivity index (χ1v) is 11.2. The van der Waals surface area contributed by atoms with Gasteiger partial charge in [-0.2, -0.15) is 0 Å². The third-order valence-corrected chi connectivity index (χ3v) is 6.38. The van der Waals surface area contributed by atoms with Crippen LogP contribution in [0.3, 0.4) is 0 Å². The van der Waals surface area contributed by atoms with Crippen LogP contribution in [0.2, 0.25) is 0 Å². The number of hydrogen-bond donors (Lipinski definition) is 2. The molecule has 0 aliphatic carbocycles. The minimum Gasteiger partial charge on any atom is -0.455 e. The van der Waals surface area contributed by atoms with Gasteiger partial charge in [0.2, 0.25) is 0 Å². The average Bonchev–Trinajstić information content (AvgIpc) is 2.99. The average molecular weight is 429 g/mol. The van der Waals surface area contributed by atoms with E-state index in [9.17, 15) is 4.79 Å². The molecule has 0 bridgehead atoms. The molecule has 0 radical (unpaired) electrons. The van der Waals surface area contributed by atoms with Gasteiger partial charge in [-0.25, -0.2) is 4.79 Å². The van der Waals surface area contributed by atoms with Gasteiger partial charge < -0.3 is 25.6 Å². The van der Waals surface area contributed by atoms with Crippen molar-refractivity contribution < 1.29 is 9.53 Å². The van der Waals surface area contributed by atoms with E-state index in [4.69, 9.17) is 10.5 Å². The van der Waals surface area contributed by atoms with Crippen LogP contribution in [0.25, 0.3) is 0 Å². The molecular weight excluding hydrogens is 400 g/mol. The highest BCUT2D eigenvalue weighted by Crippen LogP contribution is 2.33. The summed E-state index contributed by atoms with van der Waals surface area (Å²) in [7, 11) is 0. The largest absolute Gasteiger partial charge is 0.455 e. The lowest BCUT2D eigenvalue weighted by Gasteiger charge is -2.39. The third-order valence-electron chi connectivity index (χ3n) is 6.38. The Labute approximate surface area is 188 Å². The van der Waals surface area contributed by atoms with Gasteiger partial charge in [-0.3, -0.25) is 0 Å². The van der Waals surface area contributed by atoms with E-state index in [2.05, 4.69) is 16.3 Å². The molecule has 0 spiro atoms. The van der Waals surface area contributed by atoms with Crippen molar-refractivity contribution in [3.8, 4) is 11.5 Å². The van der Waals surface area contributed by atoms with Gasteiger partial charge in [-0.05, 0) is 55.2 Å². The van der Waals surface area contributed by atoms with Gasteiger partial charge in [-0.15, -0.1) is 0 Å². The number of nitrogens with one attached hydrogen (secondary N) is 1. The Morgan fingerprint density at radius 2 is 1.66 bits per heavy atom. The minimum absolute atomic E-state index is 0.0134. The Morgan fingerprint density at radius 3 is 2.47 bits per heavy atom. The molecule has 3 aromatic rings. The smallest absolute Gasteiger partial charge is 0.322 e. The molecule has 2 heterocycles. The number of nitrogens with zero attached hydrogens (tertiary/aromatic N) is 2.